The number of hydrogen-bond donors (Lipinski definition) is 1. The molecule has 1 fully saturated rings. The van der Waals surface area contributed by atoms with Gasteiger partial charge in [-0.25, -0.2) is 13.1 Å². The van der Waals surface area contributed by atoms with Crippen LogP contribution in [0.1, 0.15) is 31.4 Å². The molecule has 0 saturated carbocycles. The van der Waals surface area contributed by atoms with Crippen molar-refractivity contribution in [2.24, 2.45) is 0 Å². The Morgan fingerprint density at radius 1 is 1.07 bits per heavy atom. The number of benzene rings is 2. The van der Waals surface area contributed by atoms with Gasteiger partial charge in [0.15, 0.2) is 0 Å². The number of nitrogens with zero attached hydrogens (tertiary/aromatic N) is 1. The third-order valence-corrected chi connectivity index (χ3v) is 6.32. The Balaban J connectivity index is 1.81. The summed E-state index contributed by atoms with van der Waals surface area (Å²) in [5, 5.41) is 0. The molecular weight excluding hydrogens is 380 g/mol. The number of sulfonamides is 1. The molecule has 2 aromatic rings. The minimum Gasteiger partial charge on any atom is -0.497 e. The number of carbonyl (C=O) groups excluding carboxylic acids is 1. The number of rotatable bonds is 7. The van der Waals surface area contributed by atoms with Gasteiger partial charge in [-0.05, 0) is 55.8 Å². The van der Waals surface area contributed by atoms with E-state index in [1.54, 1.807) is 49.3 Å². The van der Waals surface area contributed by atoms with Gasteiger partial charge >= 0.3 is 0 Å². The Labute approximate surface area is 165 Å². The van der Waals surface area contributed by atoms with Crippen LogP contribution in [0.3, 0.4) is 0 Å². The molecule has 1 heterocycles. The Hall–Kier alpha value is -2.58. The minimum absolute atomic E-state index is 0.0625. The lowest BCUT2D eigenvalue weighted by Gasteiger charge is -2.19. The molecule has 0 aliphatic carbocycles. The summed E-state index contributed by atoms with van der Waals surface area (Å²) in [5.74, 6) is 1.24. The van der Waals surface area contributed by atoms with Crippen molar-refractivity contribution < 1.29 is 22.7 Å². The van der Waals surface area contributed by atoms with Crippen molar-refractivity contribution in [1.82, 2.24) is 4.72 Å². The molecule has 0 unspecified atom stereocenters. The van der Waals surface area contributed by atoms with Crippen LogP contribution >= 0.6 is 0 Å². The van der Waals surface area contributed by atoms with Crippen LogP contribution < -0.4 is 19.1 Å². The van der Waals surface area contributed by atoms with E-state index < -0.39 is 16.1 Å². The first-order valence-electron chi connectivity index (χ1n) is 9.00. The summed E-state index contributed by atoms with van der Waals surface area (Å²) in [5.41, 5.74) is 1.38. The molecule has 28 heavy (non-hydrogen) atoms. The Kier molecular flexibility index (Phi) is 5.90. The highest BCUT2D eigenvalue weighted by atomic mass is 32.2. The third-order valence-electron chi connectivity index (χ3n) is 4.77. The molecule has 1 saturated heterocycles. The van der Waals surface area contributed by atoms with E-state index in [0.29, 0.717) is 35.7 Å². The maximum atomic E-state index is 12.8. The van der Waals surface area contributed by atoms with E-state index >= 15 is 0 Å². The van der Waals surface area contributed by atoms with Gasteiger partial charge in [-0.15, -0.1) is 0 Å². The van der Waals surface area contributed by atoms with E-state index in [2.05, 4.69) is 4.72 Å². The first kappa shape index (κ1) is 20.2. The molecule has 7 nitrogen and oxygen atoms in total. The van der Waals surface area contributed by atoms with Crippen LogP contribution in [-0.2, 0) is 14.8 Å². The highest BCUT2D eigenvalue weighted by Crippen LogP contribution is 2.30. The van der Waals surface area contributed by atoms with Gasteiger partial charge in [0.05, 0.1) is 19.1 Å². The number of nitrogens with one attached hydrogen (secondary N) is 1. The molecule has 0 radical (unpaired) electrons. The van der Waals surface area contributed by atoms with Crippen LogP contribution in [0.15, 0.2) is 47.4 Å². The number of ether oxygens (including phenoxy) is 2. The SMILES string of the molecule is COc1ccc(OC)c([C@H](C)NS(=O)(=O)c2ccc(N3CCCC3=O)cc2)c1. The van der Waals surface area contributed by atoms with Crippen LogP contribution in [0.4, 0.5) is 5.69 Å². The summed E-state index contributed by atoms with van der Waals surface area (Å²) in [6.45, 7) is 2.40. The molecule has 1 N–H and O–H groups in total. The molecule has 1 aliphatic rings. The second-order valence-electron chi connectivity index (χ2n) is 6.59. The van der Waals surface area contributed by atoms with Crippen molar-refractivity contribution in [2.75, 3.05) is 25.7 Å². The zero-order chi connectivity index (χ0) is 20.3. The van der Waals surface area contributed by atoms with Crippen molar-refractivity contribution in [1.29, 1.82) is 0 Å². The van der Waals surface area contributed by atoms with Gasteiger partial charge in [0.1, 0.15) is 11.5 Å². The van der Waals surface area contributed by atoms with E-state index in [0.717, 1.165) is 6.42 Å². The zero-order valence-electron chi connectivity index (χ0n) is 16.1. The molecule has 8 heteroatoms. The predicted octanol–water partition coefficient (Wildman–Crippen LogP) is 2.87. The molecule has 2 aromatic carbocycles. The van der Waals surface area contributed by atoms with Crippen molar-refractivity contribution in [3.05, 3.63) is 48.0 Å². The second kappa shape index (κ2) is 8.20. The smallest absolute Gasteiger partial charge is 0.241 e. The van der Waals surface area contributed by atoms with Gasteiger partial charge < -0.3 is 14.4 Å². The van der Waals surface area contributed by atoms with Crippen LogP contribution in [0.2, 0.25) is 0 Å². The summed E-state index contributed by atoms with van der Waals surface area (Å²) in [7, 11) is -0.674. The molecule has 1 amide bonds. The molecule has 150 valence electrons. The molecule has 0 spiro atoms. The fourth-order valence-electron chi connectivity index (χ4n) is 3.27. The topological polar surface area (TPSA) is 84.9 Å². The van der Waals surface area contributed by atoms with Gasteiger partial charge in [-0.3, -0.25) is 4.79 Å². The van der Waals surface area contributed by atoms with Crippen molar-refractivity contribution in [2.45, 2.75) is 30.7 Å². The first-order chi connectivity index (χ1) is 13.4. The molecular formula is C20H24N2O5S. The average molecular weight is 404 g/mol. The maximum absolute atomic E-state index is 12.8. The summed E-state index contributed by atoms with van der Waals surface area (Å²) < 4.78 is 38.8. The number of hydrogen-bond acceptors (Lipinski definition) is 5. The van der Waals surface area contributed by atoms with Gasteiger partial charge in [-0.1, -0.05) is 0 Å². The lowest BCUT2D eigenvalue weighted by molar-refractivity contribution is -0.117. The lowest BCUT2D eigenvalue weighted by Crippen LogP contribution is -2.27. The fourth-order valence-corrected chi connectivity index (χ4v) is 4.49. The molecule has 1 aliphatic heterocycles. The van der Waals surface area contributed by atoms with E-state index in [4.69, 9.17) is 9.47 Å². The molecule has 3 rings (SSSR count). The van der Waals surface area contributed by atoms with Gasteiger partial charge in [0.2, 0.25) is 15.9 Å². The normalized spacial score (nSPS) is 15.5. The monoisotopic (exact) mass is 404 g/mol. The Bertz CT molecular complexity index is 957. The van der Waals surface area contributed by atoms with Crippen molar-refractivity contribution in [3.8, 4) is 11.5 Å². The van der Waals surface area contributed by atoms with E-state index in [-0.39, 0.29) is 10.8 Å². The number of methoxy groups -OCH3 is 2. The predicted molar refractivity (Wildman–Crippen MR) is 106 cm³/mol. The minimum atomic E-state index is -3.76. The summed E-state index contributed by atoms with van der Waals surface area (Å²) in [6.07, 6.45) is 1.35. The molecule has 1 atom stereocenters. The van der Waals surface area contributed by atoms with Crippen LogP contribution in [-0.4, -0.2) is 35.1 Å². The maximum Gasteiger partial charge on any atom is 0.241 e. The average Bonchev–Trinajstić information content (AvgIpc) is 3.13. The first-order valence-corrected chi connectivity index (χ1v) is 10.5. The van der Waals surface area contributed by atoms with E-state index in [1.165, 1.54) is 19.2 Å². The highest BCUT2D eigenvalue weighted by Gasteiger charge is 2.24. The fraction of sp³-hybridized carbons (Fsp3) is 0.350. The molecule has 0 aromatic heterocycles. The zero-order valence-corrected chi connectivity index (χ0v) is 17.0. The summed E-state index contributed by atoms with van der Waals surface area (Å²) in [6, 6.07) is 11.0. The van der Waals surface area contributed by atoms with Crippen LogP contribution in [0.25, 0.3) is 0 Å². The second-order valence-corrected chi connectivity index (χ2v) is 8.31. The Morgan fingerprint density at radius 2 is 1.79 bits per heavy atom. The number of anilines is 1. The van der Waals surface area contributed by atoms with Crippen LogP contribution in [0.5, 0.6) is 11.5 Å². The van der Waals surface area contributed by atoms with E-state index in [9.17, 15) is 13.2 Å². The van der Waals surface area contributed by atoms with Gasteiger partial charge in [-0.2, -0.15) is 0 Å². The van der Waals surface area contributed by atoms with Crippen molar-refractivity contribution in [3.63, 3.8) is 0 Å². The number of amides is 1. The van der Waals surface area contributed by atoms with E-state index in [1.807, 2.05) is 0 Å². The highest BCUT2D eigenvalue weighted by molar-refractivity contribution is 7.89. The van der Waals surface area contributed by atoms with Crippen molar-refractivity contribution >= 4 is 21.6 Å². The standard InChI is InChI=1S/C20H24N2O5S/c1-14(18-13-16(26-2)8-11-19(18)27-3)21-28(24,25)17-9-6-15(7-10-17)22-12-4-5-20(22)23/h6-11,13-14,21H,4-5,12H2,1-3H3/t14-/m0/s1. The summed E-state index contributed by atoms with van der Waals surface area (Å²) >= 11 is 0. The quantitative estimate of drug-likeness (QED) is 0.767. The van der Waals surface area contributed by atoms with Gasteiger partial charge in [0.25, 0.3) is 0 Å². The molecule has 0 bridgehead atoms. The van der Waals surface area contributed by atoms with Gasteiger partial charge in [0, 0.05) is 30.3 Å². The van der Waals surface area contributed by atoms with Crippen LogP contribution in [0, 0.1) is 0 Å². The third kappa shape index (κ3) is 4.13. The lowest BCUT2D eigenvalue weighted by atomic mass is 10.1. The summed E-state index contributed by atoms with van der Waals surface area (Å²) in [4.78, 5) is 13.7. The largest absolute Gasteiger partial charge is 0.497 e. The number of carbonyl (C=O) groups is 1. The Morgan fingerprint density at radius 3 is 2.36 bits per heavy atom.